The summed E-state index contributed by atoms with van der Waals surface area (Å²) in [5, 5.41) is 0. The number of carbonyl (C=O) groups excluding carboxylic acids is 1. The van der Waals surface area contributed by atoms with E-state index >= 15 is 0 Å². The number of aromatic nitrogens is 4. The Kier molecular flexibility index (Phi) is 3.05. The lowest BCUT2D eigenvalue weighted by atomic mass is 10.4. The number of hydrogen-bond acceptors (Lipinski definition) is 6. The molecule has 0 amide bonds. The first-order chi connectivity index (χ1) is 8.13. The number of nitrogens with one attached hydrogen (secondary N) is 1. The smallest absolute Gasteiger partial charge is 0.326 e. The quantitative estimate of drug-likeness (QED) is 0.615. The van der Waals surface area contributed by atoms with Gasteiger partial charge in [0.25, 0.3) is 0 Å². The molecule has 0 atom stereocenters. The molecule has 0 aliphatic carbocycles. The lowest BCUT2D eigenvalue weighted by Gasteiger charge is -2.09. The van der Waals surface area contributed by atoms with Gasteiger partial charge in [0.2, 0.25) is 4.77 Å². The first-order valence-corrected chi connectivity index (χ1v) is 5.39. The minimum Gasteiger partial charge on any atom is -0.465 e. The lowest BCUT2D eigenvalue weighted by molar-refractivity contribution is -0.143. The topological polar surface area (TPSA) is 98.8 Å². The van der Waals surface area contributed by atoms with Crippen molar-refractivity contribution in [3.8, 4) is 0 Å². The van der Waals surface area contributed by atoms with E-state index in [-0.39, 0.29) is 11.3 Å². The number of nitrogen functional groups attached to an aromatic ring is 1. The van der Waals surface area contributed by atoms with Gasteiger partial charge in [0, 0.05) is 0 Å². The number of aromatic amines is 1. The van der Waals surface area contributed by atoms with E-state index in [9.17, 15) is 4.79 Å². The number of H-pyrrole nitrogens is 1. The zero-order valence-corrected chi connectivity index (χ0v) is 9.95. The fourth-order valence-corrected chi connectivity index (χ4v) is 1.69. The number of rotatable bonds is 3. The highest BCUT2D eigenvalue weighted by Gasteiger charge is 2.12. The Bertz CT molecular complexity index is 617. The van der Waals surface area contributed by atoms with Crippen LogP contribution in [0.2, 0.25) is 0 Å². The number of hydrogen-bond donors (Lipinski definition) is 2. The van der Waals surface area contributed by atoms with Gasteiger partial charge in [-0.3, -0.25) is 9.36 Å². The number of anilines is 1. The zero-order chi connectivity index (χ0) is 12.4. The number of imidazole rings is 1. The minimum absolute atomic E-state index is 0.0551. The van der Waals surface area contributed by atoms with Crippen molar-refractivity contribution in [2.24, 2.45) is 0 Å². The molecule has 0 unspecified atom stereocenters. The molecule has 8 heteroatoms. The van der Waals surface area contributed by atoms with Crippen molar-refractivity contribution in [3.63, 3.8) is 0 Å². The van der Waals surface area contributed by atoms with Crippen LogP contribution in [0.25, 0.3) is 11.2 Å². The van der Waals surface area contributed by atoms with E-state index in [0.29, 0.717) is 23.6 Å². The Morgan fingerprint density at radius 3 is 3.18 bits per heavy atom. The molecule has 7 nitrogen and oxygen atoms in total. The highest BCUT2D eigenvalue weighted by molar-refractivity contribution is 7.71. The van der Waals surface area contributed by atoms with Crippen LogP contribution in [0.15, 0.2) is 6.33 Å². The predicted molar refractivity (Wildman–Crippen MR) is 63.8 cm³/mol. The molecule has 90 valence electrons. The molecule has 0 saturated carbocycles. The summed E-state index contributed by atoms with van der Waals surface area (Å²) in [6.07, 6.45) is 1.47. The molecular formula is C9H11N5O2S. The van der Waals surface area contributed by atoms with Crippen molar-refractivity contribution in [1.29, 1.82) is 0 Å². The summed E-state index contributed by atoms with van der Waals surface area (Å²) in [7, 11) is 0. The first-order valence-electron chi connectivity index (χ1n) is 4.98. The van der Waals surface area contributed by atoms with E-state index < -0.39 is 5.97 Å². The van der Waals surface area contributed by atoms with Crippen LogP contribution < -0.4 is 5.73 Å². The van der Waals surface area contributed by atoms with Gasteiger partial charge in [0.05, 0.1) is 12.9 Å². The van der Waals surface area contributed by atoms with E-state index in [1.807, 2.05) is 0 Å². The monoisotopic (exact) mass is 253 g/mol. The molecule has 0 aliphatic rings. The maximum Gasteiger partial charge on any atom is 0.326 e. The third kappa shape index (κ3) is 2.11. The Hall–Kier alpha value is -1.96. The second kappa shape index (κ2) is 4.50. The molecule has 0 aromatic carbocycles. The number of esters is 1. The summed E-state index contributed by atoms with van der Waals surface area (Å²) in [6.45, 7) is 1.99. The molecular weight excluding hydrogens is 242 g/mol. The Labute approximate surface area is 102 Å². The third-order valence-electron chi connectivity index (χ3n) is 2.19. The summed E-state index contributed by atoms with van der Waals surface area (Å²) < 4.78 is 6.45. The highest BCUT2D eigenvalue weighted by atomic mass is 32.1. The van der Waals surface area contributed by atoms with Crippen LogP contribution in [-0.2, 0) is 16.1 Å². The molecule has 17 heavy (non-hydrogen) atoms. The molecule has 3 N–H and O–H groups in total. The van der Waals surface area contributed by atoms with Gasteiger partial charge in [-0.1, -0.05) is 0 Å². The molecule has 0 fully saturated rings. The van der Waals surface area contributed by atoms with E-state index in [2.05, 4.69) is 15.0 Å². The van der Waals surface area contributed by atoms with E-state index in [1.165, 1.54) is 10.9 Å². The molecule has 2 aromatic rings. The summed E-state index contributed by atoms with van der Waals surface area (Å²) in [4.78, 5) is 22.2. The molecule has 0 bridgehead atoms. The Balaban J connectivity index is 2.46. The van der Waals surface area contributed by atoms with E-state index in [4.69, 9.17) is 22.7 Å². The standard InChI is InChI=1S/C9H11N5O2S/c1-2-16-5(15)3-14-7(10)6-8(12-4-11-6)13-9(14)17/h4H,2-3,10H2,1H3,(H,11,12,13,17). The number of fused-ring (bicyclic) bond motifs is 1. The van der Waals surface area contributed by atoms with Crippen molar-refractivity contribution in [2.45, 2.75) is 13.5 Å². The van der Waals surface area contributed by atoms with Crippen molar-refractivity contribution >= 4 is 35.2 Å². The van der Waals surface area contributed by atoms with Crippen LogP contribution >= 0.6 is 12.2 Å². The molecule has 2 aromatic heterocycles. The average Bonchev–Trinajstić information content (AvgIpc) is 2.72. The van der Waals surface area contributed by atoms with Gasteiger partial charge < -0.3 is 15.5 Å². The van der Waals surface area contributed by atoms with Gasteiger partial charge in [-0.15, -0.1) is 0 Å². The van der Waals surface area contributed by atoms with Gasteiger partial charge in [0.15, 0.2) is 5.65 Å². The minimum atomic E-state index is -0.407. The molecule has 2 rings (SSSR count). The molecule has 0 saturated heterocycles. The van der Waals surface area contributed by atoms with Gasteiger partial charge in [0.1, 0.15) is 17.9 Å². The number of nitrogens with two attached hydrogens (primary N) is 1. The number of ether oxygens (including phenoxy) is 1. The van der Waals surface area contributed by atoms with Gasteiger partial charge >= 0.3 is 5.97 Å². The summed E-state index contributed by atoms with van der Waals surface area (Å²) in [6, 6.07) is 0. The van der Waals surface area contributed by atoms with Crippen molar-refractivity contribution in [1.82, 2.24) is 19.5 Å². The Morgan fingerprint density at radius 1 is 1.71 bits per heavy atom. The Morgan fingerprint density at radius 2 is 2.47 bits per heavy atom. The fraction of sp³-hybridized carbons (Fsp3) is 0.333. The third-order valence-corrected chi connectivity index (χ3v) is 2.50. The second-order valence-corrected chi connectivity index (χ2v) is 3.64. The predicted octanol–water partition coefficient (Wildman–Crippen LogP) is 0.634. The summed E-state index contributed by atoms with van der Waals surface area (Å²) in [5.74, 6) is -0.0819. The maximum absolute atomic E-state index is 11.4. The fourth-order valence-electron chi connectivity index (χ4n) is 1.44. The van der Waals surface area contributed by atoms with Crippen molar-refractivity contribution in [3.05, 3.63) is 11.1 Å². The molecule has 0 aliphatic heterocycles. The van der Waals surface area contributed by atoms with Gasteiger partial charge in [-0.2, -0.15) is 4.98 Å². The normalized spacial score (nSPS) is 10.6. The van der Waals surface area contributed by atoms with Crippen LogP contribution in [0.4, 0.5) is 5.82 Å². The molecule has 0 radical (unpaired) electrons. The maximum atomic E-state index is 11.4. The second-order valence-electron chi connectivity index (χ2n) is 3.27. The molecule has 0 spiro atoms. The molecule has 2 heterocycles. The van der Waals surface area contributed by atoms with Crippen LogP contribution in [0.5, 0.6) is 0 Å². The van der Waals surface area contributed by atoms with Crippen molar-refractivity contribution in [2.75, 3.05) is 12.3 Å². The van der Waals surface area contributed by atoms with Crippen LogP contribution in [0, 0.1) is 4.77 Å². The average molecular weight is 253 g/mol. The SMILES string of the molecule is CCOC(=O)Cn1c(N)c2[nH]cnc2nc1=S. The van der Waals surface area contributed by atoms with E-state index in [0.717, 1.165) is 0 Å². The zero-order valence-electron chi connectivity index (χ0n) is 9.14. The lowest BCUT2D eigenvalue weighted by Crippen LogP contribution is -2.18. The summed E-state index contributed by atoms with van der Waals surface area (Å²) >= 11 is 5.05. The van der Waals surface area contributed by atoms with Crippen molar-refractivity contribution < 1.29 is 9.53 Å². The van der Waals surface area contributed by atoms with E-state index in [1.54, 1.807) is 6.92 Å². The van der Waals surface area contributed by atoms with Crippen LogP contribution in [0.1, 0.15) is 6.92 Å². The largest absolute Gasteiger partial charge is 0.465 e. The van der Waals surface area contributed by atoms with Gasteiger partial charge in [-0.25, -0.2) is 4.98 Å². The highest BCUT2D eigenvalue weighted by Crippen LogP contribution is 2.15. The first kappa shape index (κ1) is 11.5. The van der Waals surface area contributed by atoms with Crippen LogP contribution in [-0.4, -0.2) is 32.1 Å². The van der Waals surface area contributed by atoms with Gasteiger partial charge in [-0.05, 0) is 19.1 Å². The van der Waals surface area contributed by atoms with Crippen LogP contribution in [0.3, 0.4) is 0 Å². The number of carbonyl (C=O) groups is 1. The number of nitrogens with zero attached hydrogens (tertiary/aromatic N) is 3. The summed E-state index contributed by atoms with van der Waals surface area (Å²) in [5.41, 5.74) is 6.88.